The van der Waals surface area contributed by atoms with Crippen LogP contribution in [0.15, 0.2) is 40.7 Å². The van der Waals surface area contributed by atoms with Crippen LogP contribution in [-0.2, 0) is 9.59 Å². The minimum atomic E-state index is -0.232. The Labute approximate surface area is 131 Å². The molecule has 21 heavy (non-hydrogen) atoms. The lowest BCUT2D eigenvalue weighted by Gasteiger charge is -2.13. The van der Waals surface area contributed by atoms with Crippen LogP contribution in [0.1, 0.15) is 12.5 Å². The number of rotatable bonds is 3. The Morgan fingerprint density at radius 3 is 2.43 bits per heavy atom. The number of carbonyl (C=O) groups excluding carboxylic acids is 2. The van der Waals surface area contributed by atoms with Crippen LogP contribution in [0.5, 0.6) is 0 Å². The number of aliphatic imine (C=N–C) groups is 1. The number of allylic oxidation sites excluding steroid dienone is 2. The normalized spacial score (nSPS) is 13.2. The third kappa shape index (κ3) is 4.44. The van der Waals surface area contributed by atoms with Crippen molar-refractivity contribution in [2.45, 2.75) is 6.92 Å². The van der Waals surface area contributed by atoms with E-state index in [2.05, 4.69) is 10.7 Å². The van der Waals surface area contributed by atoms with Crippen LogP contribution < -0.4 is 11.5 Å². The number of nitrogens with two attached hydrogens (primary N) is 2. The minimum absolute atomic E-state index is 0.232. The van der Waals surface area contributed by atoms with Crippen LogP contribution in [0.2, 0.25) is 10.0 Å². The molecule has 2 rings (SSSR count). The maximum atomic E-state index is 11.7. The van der Waals surface area contributed by atoms with Crippen molar-refractivity contribution in [3.8, 4) is 0 Å². The Morgan fingerprint density at radius 1 is 1.33 bits per heavy atom. The number of hydrogen-bond acceptors (Lipinski definition) is 4. The molecular weight excluding hydrogens is 313 g/mol. The van der Waals surface area contributed by atoms with Gasteiger partial charge in [0, 0.05) is 10.0 Å². The van der Waals surface area contributed by atoms with E-state index >= 15 is 0 Å². The first-order valence-electron chi connectivity index (χ1n) is 5.79. The largest absolute Gasteiger partial charge is 0.395 e. The predicted molar refractivity (Wildman–Crippen MR) is 85.1 cm³/mol. The average Bonchev–Trinajstić information content (AvgIpc) is 2.44. The zero-order valence-electron chi connectivity index (χ0n) is 11.1. The van der Waals surface area contributed by atoms with Crippen LogP contribution in [0, 0.1) is 0 Å². The number of nitrogens with zero attached hydrogens (tertiary/aromatic N) is 1. The van der Waals surface area contributed by atoms with Crippen LogP contribution in [0.4, 0.5) is 0 Å². The summed E-state index contributed by atoms with van der Waals surface area (Å²) < 4.78 is 0. The number of halogens is 2. The van der Waals surface area contributed by atoms with Gasteiger partial charge in [-0.05, 0) is 36.8 Å². The molecule has 0 spiro atoms. The van der Waals surface area contributed by atoms with Gasteiger partial charge in [-0.25, -0.2) is 4.99 Å². The Kier molecular flexibility index (Phi) is 6.14. The lowest BCUT2D eigenvalue weighted by molar-refractivity contribution is -0.111. The second-order valence-electron chi connectivity index (χ2n) is 3.96. The molecule has 0 aliphatic carbocycles. The van der Waals surface area contributed by atoms with Crippen molar-refractivity contribution >= 4 is 47.2 Å². The van der Waals surface area contributed by atoms with Crippen molar-refractivity contribution in [1.29, 1.82) is 0 Å². The van der Waals surface area contributed by atoms with Gasteiger partial charge in [-0.2, -0.15) is 0 Å². The summed E-state index contributed by atoms with van der Waals surface area (Å²) in [6, 6.07) is 5.06. The van der Waals surface area contributed by atoms with Gasteiger partial charge in [0.25, 0.3) is 0 Å². The van der Waals surface area contributed by atoms with E-state index in [-0.39, 0.29) is 12.2 Å². The summed E-state index contributed by atoms with van der Waals surface area (Å²) in [4.78, 5) is 24.3. The number of benzene rings is 1. The highest BCUT2D eigenvalue weighted by atomic mass is 35.5. The van der Waals surface area contributed by atoms with Gasteiger partial charge < -0.3 is 11.5 Å². The van der Waals surface area contributed by atoms with Crippen molar-refractivity contribution in [3.63, 3.8) is 0 Å². The molecule has 0 radical (unpaired) electrons. The third-order valence-electron chi connectivity index (χ3n) is 2.53. The zero-order chi connectivity index (χ0) is 16.0. The molecule has 0 fully saturated rings. The standard InChI is InChI=1S/C13H10Cl2N2O.CH3NO/c1-7-12(16)13(17-7)11(18)5-3-8-2-4-9(14)6-10(8)15;2-1-3/h2-6H,16H2,1H3;1H,(H2,2,3)/b5-3+;. The first-order chi connectivity index (χ1) is 9.90. The lowest BCUT2D eigenvalue weighted by atomic mass is 10.1. The molecule has 0 saturated heterocycles. The van der Waals surface area contributed by atoms with E-state index in [9.17, 15) is 4.79 Å². The minimum Gasteiger partial charge on any atom is -0.395 e. The summed E-state index contributed by atoms with van der Waals surface area (Å²) in [7, 11) is 0. The molecule has 1 aliphatic heterocycles. The second-order valence-corrected chi connectivity index (χ2v) is 4.80. The Balaban J connectivity index is 0.000000677. The molecule has 0 unspecified atom stereocenters. The fourth-order valence-electron chi connectivity index (χ4n) is 1.48. The van der Waals surface area contributed by atoms with Crippen molar-refractivity contribution in [1.82, 2.24) is 0 Å². The van der Waals surface area contributed by atoms with E-state index in [0.717, 1.165) is 0 Å². The van der Waals surface area contributed by atoms with Crippen LogP contribution >= 0.6 is 23.2 Å². The molecular formula is C14H13Cl2N3O2. The monoisotopic (exact) mass is 325 g/mol. The highest BCUT2D eigenvalue weighted by Crippen LogP contribution is 2.23. The molecule has 5 nitrogen and oxygen atoms in total. The lowest BCUT2D eigenvalue weighted by Crippen LogP contribution is -2.22. The number of ketones is 1. The van der Waals surface area contributed by atoms with E-state index in [0.29, 0.717) is 32.7 Å². The van der Waals surface area contributed by atoms with Gasteiger partial charge in [-0.1, -0.05) is 29.3 Å². The average molecular weight is 326 g/mol. The molecule has 1 amide bonds. The molecule has 0 bridgehead atoms. The van der Waals surface area contributed by atoms with Crippen molar-refractivity contribution in [2.75, 3.05) is 0 Å². The van der Waals surface area contributed by atoms with E-state index in [1.165, 1.54) is 6.08 Å². The van der Waals surface area contributed by atoms with Gasteiger partial charge in [0.1, 0.15) is 5.70 Å². The Bertz CT molecular complexity index is 664. The molecule has 1 aromatic rings. The molecule has 4 N–H and O–H groups in total. The number of carbonyl (C=O) groups is 2. The summed E-state index contributed by atoms with van der Waals surface area (Å²) in [5.41, 5.74) is 12.0. The second kappa shape index (κ2) is 7.61. The summed E-state index contributed by atoms with van der Waals surface area (Å²) in [6.45, 7) is 1.76. The van der Waals surface area contributed by atoms with Gasteiger partial charge in [0.2, 0.25) is 12.2 Å². The summed E-state index contributed by atoms with van der Waals surface area (Å²) in [6.07, 6.45) is 3.26. The van der Waals surface area contributed by atoms with E-state index < -0.39 is 0 Å². The third-order valence-corrected chi connectivity index (χ3v) is 3.10. The van der Waals surface area contributed by atoms with Gasteiger partial charge in [0.15, 0.2) is 0 Å². The van der Waals surface area contributed by atoms with Crippen molar-refractivity contribution < 1.29 is 9.59 Å². The summed E-state index contributed by atoms with van der Waals surface area (Å²) in [5, 5.41) is 1.04. The fourth-order valence-corrected chi connectivity index (χ4v) is 1.95. The highest BCUT2D eigenvalue weighted by Gasteiger charge is 2.20. The van der Waals surface area contributed by atoms with Gasteiger partial charge in [0.05, 0.1) is 11.4 Å². The Morgan fingerprint density at radius 2 is 1.95 bits per heavy atom. The number of primary amides is 1. The van der Waals surface area contributed by atoms with Crippen molar-refractivity contribution in [3.05, 3.63) is 51.3 Å². The molecule has 1 heterocycles. The maximum absolute atomic E-state index is 11.7. The maximum Gasteiger partial charge on any atom is 0.206 e. The number of amides is 1. The van der Waals surface area contributed by atoms with Gasteiger partial charge >= 0.3 is 0 Å². The first-order valence-corrected chi connectivity index (χ1v) is 6.54. The van der Waals surface area contributed by atoms with Crippen LogP contribution in [0.25, 0.3) is 6.08 Å². The quantitative estimate of drug-likeness (QED) is 0.659. The van der Waals surface area contributed by atoms with E-state index in [1.807, 2.05) is 0 Å². The van der Waals surface area contributed by atoms with Crippen LogP contribution in [0.3, 0.4) is 0 Å². The Hall–Kier alpha value is -2.11. The molecule has 1 aliphatic rings. The molecule has 7 heteroatoms. The smallest absolute Gasteiger partial charge is 0.206 e. The number of hydrogen-bond donors (Lipinski definition) is 2. The van der Waals surface area contributed by atoms with Gasteiger partial charge in [-0.15, -0.1) is 0 Å². The SMILES string of the molecule is CC1=NC(C(=O)/C=C/c2ccc(Cl)cc2Cl)=C1N.NC=O. The molecule has 0 aromatic heterocycles. The molecule has 1 aromatic carbocycles. The summed E-state index contributed by atoms with van der Waals surface area (Å²) >= 11 is 11.8. The first kappa shape index (κ1) is 16.9. The summed E-state index contributed by atoms with van der Waals surface area (Å²) in [5.74, 6) is -0.232. The molecule has 0 atom stereocenters. The van der Waals surface area contributed by atoms with Crippen LogP contribution in [-0.4, -0.2) is 17.9 Å². The molecule has 110 valence electrons. The fraction of sp³-hybridized carbons (Fsp3) is 0.0714. The zero-order valence-corrected chi connectivity index (χ0v) is 12.7. The topological polar surface area (TPSA) is 98.5 Å². The van der Waals surface area contributed by atoms with E-state index in [4.69, 9.17) is 33.7 Å². The highest BCUT2D eigenvalue weighted by molar-refractivity contribution is 6.35. The van der Waals surface area contributed by atoms with Crippen molar-refractivity contribution in [2.24, 2.45) is 16.5 Å². The van der Waals surface area contributed by atoms with E-state index in [1.54, 1.807) is 31.2 Å². The predicted octanol–water partition coefficient (Wildman–Crippen LogP) is 2.32. The molecule has 0 saturated carbocycles. The van der Waals surface area contributed by atoms with Gasteiger partial charge in [-0.3, -0.25) is 9.59 Å².